The Labute approximate surface area is 198 Å². The van der Waals surface area contributed by atoms with Crippen LogP contribution in [0.4, 0.5) is 17.2 Å². The van der Waals surface area contributed by atoms with Crippen LogP contribution in [0.2, 0.25) is 0 Å². The molecular weight excluding hydrogens is 428 g/mol. The second kappa shape index (κ2) is 8.16. The van der Waals surface area contributed by atoms with Crippen molar-refractivity contribution in [3.8, 4) is 0 Å². The van der Waals surface area contributed by atoms with E-state index in [1.807, 2.05) is 66.0 Å². The third-order valence-electron chi connectivity index (χ3n) is 6.28. The first-order chi connectivity index (χ1) is 16.2. The molecule has 9 nitrogen and oxygen atoms in total. The lowest BCUT2D eigenvalue weighted by molar-refractivity contribution is 0.102. The highest BCUT2D eigenvalue weighted by Gasteiger charge is 2.29. The van der Waals surface area contributed by atoms with Crippen molar-refractivity contribution in [1.29, 1.82) is 0 Å². The van der Waals surface area contributed by atoms with Crippen molar-refractivity contribution in [2.75, 3.05) is 28.6 Å². The van der Waals surface area contributed by atoms with Crippen LogP contribution in [0.1, 0.15) is 42.4 Å². The van der Waals surface area contributed by atoms with Crippen LogP contribution in [0.3, 0.4) is 0 Å². The average Bonchev–Trinajstić information content (AvgIpc) is 3.34. The van der Waals surface area contributed by atoms with Gasteiger partial charge >= 0.3 is 0 Å². The zero-order chi connectivity index (χ0) is 24.0. The number of fused-ring (bicyclic) bond motifs is 1. The molecule has 0 bridgehead atoms. The van der Waals surface area contributed by atoms with E-state index in [0.717, 1.165) is 41.2 Å². The molecule has 1 aliphatic heterocycles. The van der Waals surface area contributed by atoms with Crippen molar-refractivity contribution >= 4 is 28.6 Å². The van der Waals surface area contributed by atoms with Gasteiger partial charge in [-0.25, -0.2) is 4.52 Å². The van der Waals surface area contributed by atoms with Gasteiger partial charge in [0.05, 0.1) is 24.1 Å². The molecule has 9 heteroatoms. The van der Waals surface area contributed by atoms with Crippen molar-refractivity contribution < 1.29 is 4.79 Å². The highest BCUT2D eigenvalue weighted by Crippen LogP contribution is 2.28. The van der Waals surface area contributed by atoms with Gasteiger partial charge in [0.2, 0.25) is 0 Å². The number of aromatic nitrogens is 5. The molecule has 34 heavy (non-hydrogen) atoms. The van der Waals surface area contributed by atoms with Gasteiger partial charge in [-0.3, -0.25) is 14.5 Å². The van der Waals surface area contributed by atoms with Crippen molar-refractivity contribution in [3.05, 3.63) is 65.9 Å². The minimum atomic E-state index is -0.171. The summed E-state index contributed by atoms with van der Waals surface area (Å²) < 4.78 is 3.65. The van der Waals surface area contributed by atoms with E-state index in [1.54, 1.807) is 6.20 Å². The van der Waals surface area contributed by atoms with E-state index in [9.17, 15) is 4.79 Å². The molecule has 0 unspecified atom stereocenters. The number of aryl methyl sites for hydroxylation is 2. The van der Waals surface area contributed by atoms with Crippen LogP contribution in [0, 0.1) is 6.92 Å². The summed E-state index contributed by atoms with van der Waals surface area (Å²) >= 11 is 0. The molecule has 2 N–H and O–H groups in total. The number of anilines is 3. The van der Waals surface area contributed by atoms with Gasteiger partial charge in [-0.05, 0) is 24.6 Å². The summed E-state index contributed by atoms with van der Waals surface area (Å²) in [5, 5.41) is 15.4. The fourth-order valence-corrected chi connectivity index (χ4v) is 4.39. The molecule has 1 saturated heterocycles. The number of hydrogen-bond donors (Lipinski definition) is 2. The molecule has 4 aromatic rings. The highest BCUT2D eigenvalue weighted by atomic mass is 16.1. The lowest BCUT2D eigenvalue weighted by Gasteiger charge is -2.41. The number of amides is 1. The first kappa shape index (κ1) is 21.9. The molecule has 0 aliphatic carbocycles. The molecule has 176 valence electrons. The minimum Gasteiger partial charge on any atom is -0.379 e. The summed E-state index contributed by atoms with van der Waals surface area (Å²) in [7, 11) is 1.90. The fourth-order valence-electron chi connectivity index (χ4n) is 4.39. The number of nitrogens with zero attached hydrogens (tertiary/aromatic N) is 6. The lowest BCUT2D eigenvalue weighted by Crippen LogP contribution is -2.55. The Morgan fingerprint density at radius 1 is 1.15 bits per heavy atom. The summed E-state index contributed by atoms with van der Waals surface area (Å²) in [5.74, 6) is 0.390. The summed E-state index contributed by atoms with van der Waals surface area (Å²) in [4.78, 5) is 19.4. The third kappa shape index (κ3) is 4.09. The van der Waals surface area contributed by atoms with Crippen LogP contribution in [-0.2, 0) is 12.5 Å². The first-order valence-corrected chi connectivity index (χ1v) is 11.4. The molecule has 5 rings (SSSR count). The van der Waals surface area contributed by atoms with Crippen LogP contribution in [-0.4, -0.2) is 49.4 Å². The van der Waals surface area contributed by atoms with Crippen LogP contribution in [0.15, 0.2) is 49.1 Å². The van der Waals surface area contributed by atoms with Crippen molar-refractivity contribution in [1.82, 2.24) is 24.4 Å². The van der Waals surface area contributed by atoms with E-state index >= 15 is 0 Å². The second-order valence-corrected chi connectivity index (χ2v) is 9.95. The molecule has 0 spiro atoms. The van der Waals surface area contributed by atoms with Gasteiger partial charge < -0.3 is 15.5 Å². The van der Waals surface area contributed by atoms with E-state index in [-0.39, 0.29) is 17.4 Å². The number of benzene rings is 1. The summed E-state index contributed by atoms with van der Waals surface area (Å²) in [6.07, 6.45) is 7.30. The van der Waals surface area contributed by atoms with Gasteiger partial charge in [0.1, 0.15) is 5.52 Å². The Bertz CT molecular complexity index is 1360. The van der Waals surface area contributed by atoms with E-state index in [0.29, 0.717) is 11.4 Å². The zero-order valence-electron chi connectivity index (χ0n) is 20.2. The summed E-state index contributed by atoms with van der Waals surface area (Å²) in [6, 6.07) is 7.96. The maximum atomic E-state index is 12.9. The number of hydrogen-bond acceptors (Lipinski definition) is 6. The molecular formula is C25H30N8O. The van der Waals surface area contributed by atoms with E-state index in [2.05, 4.69) is 51.5 Å². The maximum Gasteiger partial charge on any atom is 0.256 e. The van der Waals surface area contributed by atoms with Gasteiger partial charge in [0, 0.05) is 61.0 Å². The van der Waals surface area contributed by atoms with Crippen molar-refractivity contribution in [3.63, 3.8) is 0 Å². The maximum absolute atomic E-state index is 12.9. The van der Waals surface area contributed by atoms with Crippen LogP contribution < -0.4 is 15.5 Å². The second-order valence-electron chi connectivity index (χ2n) is 9.95. The molecule has 1 aromatic carbocycles. The summed E-state index contributed by atoms with van der Waals surface area (Å²) in [5.41, 5.74) is 5.76. The predicted octanol–water partition coefficient (Wildman–Crippen LogP) is 3.62. The standard InChI is InChI=1S/C25H30N8O/c1-16-6-7-17(24(34)29-23-11-22(25(2,3)4)31(5)30-23)10-19(16)28-18-14-32(15-18)20-13-27-33-9-8-26-12-21(20)33/h6-13,18,28H,14-15H2,1-5H3,(H,29,30,34). The molecule has 1 amide bonds. The van der Waals surface area contributed by atoms with Crippen LogP contribution >= 0.6 is 0 Å². The highest BCUT2D eigenvalue weighted by molar-refractivity contribution is 6.04. The smallest absolute Gasteiger partial charge is 0.256 e. The van der Waals surface area contributed by atoms with Gasteiger partial charge in [-0.15, -0.1) is 0 Å². The zero-order valence-corrected chi connectivity index (χ0v) is 20.2. The van der Waals surface area contributed by atoms with E-state index < -0.39 is 0 Å². The minimum absolute atomic E-state index is 0.0533. The van der Waals surface area contributed by atoms with Gasteiger partial charge in [0.15, 0.2) is 5.82 Å². The fraction of sp³-hybridized carbons (Fsp3) is 0.360. The molecule has 1 aliphatic rings. The Kier molecular flexibility index (Phi) is 5.27. The molecule has 3 aromatic heterocycles. The third-order valence-corrected chi connectivity index (χ3v) is 6.28. The number of rotatable bonds is 5. The first-order valence-electron chi connectivity index (χ1n) is 11.4. The Balaban J connectivity index is 1.25. The van der Waals surface area contributed by atoms with Gasteiger partial charge in [-0.2, -0.15) is 10.2 Å². The Morgan fingerprint density at radius 2 is 1.94 bits per heavy atom. The largest absolute Gasteiger partial charge is 0.379 e. The van der Waals surface area contributed by atoms with Crippen LogP contribution in [0.5, 0.6) is 0 Å². The SMILES string of the molecule is Cc1ccc(C(=O)Nc2cc(C(C)(C)C)n(C)n2)cc1NC1CN(c2cnn3ccncc23)C1. The quantitative estimate of drug-likeness (QED) is 0.475. The van der Waals surface area contributed by atoms with E-state index in [1.165, 1.54) is 0 Å². The number of carbonyl (C=O) groups excluding carboxylic acids is 1. The topological polar surface area (TPSA) is 92.4 Å². The Morgan fingerprint density at radius 3 is 2.68 bits per heavy atom. The molecule has 0 radical (unpaired) electrons. The van der Waals surface area contributed by atoms with Crippen molar-refractivity contribution in [2.45, 2.75) is 39.2 Å². The monoisotopic (exact) mass is 458 g/mol. The normalized spacial score (nSPS) is 14.3. The van der Waals surface area contributed by atoms with E-state index in [4.69, 9.17) is 0 Å². The Hall–Kier alpha value is -3.88. The predicted molar refractivity (Wildman–Crippen MR) is 134 cm³/mol. The number of carbonyl (C=O) groups is 1. The molecule has 4 heterocycles. The van der Waals surface area contributed by atoms with Gasteiger partial charge in [0.25, 0.3) is 5.91 Å². The van der Waals surface area contributed by atoms with Crippen LogP contribution in [0.25, 0.3) is 5.52 Å². The number of nitrogens with one attached hydrogen (secondary N) is 2. The average molecular weight is 459 g/mol. The summed E-state index contributed by atoms with van der Waals surface area (Å²) in [6.45, 7) is 10.1. The molecule has 0 atom stereocenters. The van der Waals surface area contributed by atoms with Crippen molar-refractivity contribution in [2.24, 2.45) is 7.05 Å². The lowest BCUT2D eigenvalue weighted by atomic mass is 9.92. The molecule has 0 saturated carbocycles. The molecule has 1 fully saturated rings. The van der Waals surface area contributed by atoms with Gasteiger partial charge in [-0.1, -0.05) is 26.8 Å².